The Labute approximate surface area is 92.4 Å². The van der Waals surface area contributed by atoms with E-state index in [-0.39, 0.29) is 12.5 Å². The summed E-state index contributed by atoms with van der Waals surface area (Å²) in [5, 5.41) is 6.30. The van der Waals surface area contributed by atoms with Crippen LogP contribution in [0.1, 0.15) is 0 Å². The SMILES string of the molecule is CNCC(=O)Nc1ccc(Cl)c(Cl)c1. The van der Waals surface area contributed by atoms with E-state index in [1.165, 1.54) is 0 Å². The second-order valence-electron chi connectivity index (χ2n) is 2.71. The molecule has 1 rings (SSSR count). The van der Waals surface area contributed by atoms with Gasteiger partial charge in [0.15, 0.2) is 0 Å². The molecule has 0 heterocycles. The van der Waals surface area contributed by atoms with Crippen molar-refractivity contribution in [1.29, 1.82) is 0 Å². The van der Waals surface area contributed by atoms with Gasteiger partial charge in [0.25, 0.3) is 0 Å². The van der Waals surface area contributed by atoms with Gasteiger partial charge in [-0.3, -0.25) is 4.79 Å². The third kappa shape index (κ3) is 3.18. The van der Waals surface area contributed by atoms with Crippen LogP contribution in [0.4, 0.5) is 5.69 Å². The van der Waals surface area contributed by atoms with Crippen molar-refractivity contribution in [3.8, 4) is 0 Å². The number of carbonyl (C=O) groups is 1. The molecule has 1 aromatic carbocycles. The smallest absolute Gasteiger partial charge is 0.238 e. The van der Waals surface area contributed by atoms with E-state index in [1.807, 2.05) is 0 Å². The molecule has 0 aromatic heterocycles. The van der Waals surface area contributed by atoms with E-state index in [0.717, 1.165) is 0 Å². The number of likely N-dealkylation sites (N-methyl/N-ethyl adjacent to an activating group) is 1. The zero-order chi connectivity index (χ0) is 10.6. The summed E-state index contributed by atoms with van der Waals surface area (Å²) in [4.78, 5) is 11.2. The molecule has 0 atom stereocenters. The highest BCUT2D eigenvalue weighted by Crippen LogP contribution is 2.24. The minimum absolute atomic E-state index is 0.120. The first-order valence-electron chi connectivity index (χ1n) is 4.03. The number of rotatable bonds is 3. The highest BCUT2D eigenvalue weighted by molar-refractivity contribution is 6.42. The van der Waals surface area contributed by atoms with Crippen molar-refractivity contribution in [3.63, 3.8) is 0 Å². The zero-order valence-electron chi connectivity index (χ0n) is 7.60. The van der Waals surface area contributed by atoms with Gasteiger partial charge < -0.3 is 10.6 Å². The summed E-state index contributed by atoms with van der Waals surface area (Å²) in [6.45, 7) is 0.264. The number of nitrogens with one attached hydrogen (secondary N) is 2. The fraction of sp³-hybridized carbons (Fsp3) is 0.222. The lowest BCUT2D eigenvalue weighted by Gasteiger charge is -2.05. The highest BCUT2D eigenvalue weighted by atomic mass is 35.5. The van der Waals surface area contributed by atoms with Crippen LogP contribution >= 0.6 is 23.2 Å². The van der Waals surface area contributed by atoms with Gasteiger partial charge in [0.05, 0.1) is 16.6 Å². The van der Waals surface area contributed by atoms with Crippen molar-refractivity contribution in [3.05, 3.63) is 28.2 Å². The predicted molar refractivity (Wildman–Crippen MR) is 59.0 cm³/mol. The largest absolute Gasteiger partial charge is 0.325 e. The van der Waals surface area contributed by atoms with Gasteiger partial charge in [-0.25, -0.2) is 0 Å². The summed E-state index contributed by atoms with van der Waals surface area (Å²) >= 11 is 11.5. The van der Waals surface area contributed by atoms with Crippen LogP contribution in [0.25, 0.3) is 0 Å². The minimum Gasteiger partial charge on any atom is -0.325 e. The second kappa shape index (κ2) is 5.20. The summed E-state index contributed by atoms with van der Waals surface area (Å²) in [6, 6.07) is 4.94. The number of halogens is 2. The molecular formula is C9H10Cl2N2O. The summed E-state index contributed by atoms with van der Waals surface area (Å²) in [5.74, 6) is -0.120. The van der Waals surface area contributed by atoms with E-state index in [1.54, 1.807) is 25.2 Å². The van der Waals surface area contributed by atoms with E-state index in [4.69, 9.17) is 23.2 Å². The molecule has 1 aromatic rings. The first-order valence-corrected chi connectivity index (χ1v) is 4.78. The molecule has 0 aliphatic carbocycles. The molecule has 76 valence electrons. The molecule has 0 fully saturated rings. The Hall–Kier alpha value is -0.770. The maximum absolute atomic E-state index is 11.2. The summed E-state index contributed by atoms with van der Waals surface area (Å²) in [7, 11) is 1.70. The Bertz CT molecular complexity index is 342. The van der Waals surface area contributed by atoms with Crippen LogP contribution < -0.4 is 10.6 Å². The van der Waals surface area contributed by atoms with Gasteiger partial charge in [-0.2, -0.15) is 0 Å². The summed E-state index contributed by atoms with van der Waals surface area (Å²) in [5.41, 5.74) is 0.639. The fourth-order valence-electron chi connectivity index (χ4n) is 0.940. The Balaban J connectivity index is 2.68. The Kier molecular flexibility index (Phi) is 4.20. The maximum atomic E-state index is 11.2. The van der Waals surface area contributed by atoms with Crippen molar-refractivity contribution in [2.75, 3.05) is 18.9 Å². The molecule has 2 N–H and O–H groups in total. The van der Waals surface area contributed by atoms with Crippen LogP contribution in [0.5, 0.6) is 0 Å². The van der Waals surface area contributed by atoms with Crippen molar-refractivity contribution < 1.29 is 4.79 Å². The van der Waals surface area contributed by atoms with Crippen molar-refractivity contribution >= 4 is 34.8 Å². The average Bonchev–Trinajstić information content (AvgIpc) is 2.12. The number of amides is 1. The quantitative estimate of drug-likeness (QED) is 0.839. The van der Waals surface area contributed by atoms with E-state index in [0.29, 0.717) is 15.7 Å². The van der Waals surface area contributed by atoms with Gasteiger partial charge in [-0.05, 0) is 25.2 Å². The number of anilines is 1. The Morgan fingerprint density at radius 1 is 1.36 bits per heavy atom. The topological polar surface area (TPSA) is 41.1 Å². The molecule has 0 aliphatic heterocycles. The van der Waals surface area contributed by atoms with Crippen LogP contribution in [0.15, 0.2) is 18.2 Å². The van der Waals surface area contributed by atoms with Crippen molar-refractivity contribution in [1.82, 2.24) is 5.32 Å². The van der Waals surface area contributed by atoms with E-state index < -0.39 is 0 Å². The van der Waals surface area contributed by atoms with Crippen molar-refractivity contribution in [2.24, 2.45) is 0 Å². The normalized spacial score (nSPS) is 9.93. The first-order chi connectivity index (χ1) is 6.63. The highest BCUT2D eigenvalue weighted by Gasteiger charge is 2.02. The molecule has 0 aliphatic rings. The molecule has 0 saturated carbocycles. The zero-order valence-corrected chi connectivity index (χ0v) is 9.12. The lowest BCUT2D eigenvalue weighted by molar-refractivity contribution is -0.115. The van der Waals surface area contributed by atoms with Gasteiger partial charge in [-0.15, -0.1) is 0 Å². The van der Waals surface area contributed by atoms with Gasteiger partial charge in [-0.1, -0.05) is 23.2 Å². The maximum Gasteiger partial charge on any atom is 0.238 e. The molecule has 5 heteroatoms. The monoisotopic (exact) mass is 232 g/mol. The third-order valence-corrected chi connectivity index (χ3v) is 2.28. The van der Waals surface area contributed by atoms with Crippen LogP contribution in [0.3, 0.4) is 0 Å². The summed E-state index contributed by atoms with van der Waals surface area (Å²) in [6.07, 6.45) is 0. The summed E-state index contributed by atoms with van der Waals surface area (Å²) < 4.78 is 0. The van der Waals surface area contributed by atoms with E-state index in [2.05, 4.69) is 10.6 Å². The molecule has 0 saturated heterocycles. The van der Waals surface area contributed by atoms with Crippen LogP contribution in [-0.4, -0.2) is 19.5 Å². The van der Waals surface area contributed by atoms with Crippen LogP contribution in [0, 0.1) is 0 Å². The predicted octanol–water partition coefficient (Wildman–Crippen LogP) is 2.15. The molecule has 0 bridgehead atoms. The number of carbonyl (C=O) groups excluding carboxylic acids is 1. The minimum atomic E-state index is -0.120. The number of benzene rings is 1. The van der Waals surface area contributed by atoms with Crippen LogP contribution in [0.2, 0.25) is 10.0 Å². The van der Waals surface area contributed by atoms with Gasteiger partial charge >= 0.3 is 0 Å². The Morgan fingerprint density at radius 2 is 2.07 bits per heavy atom. The lowest BCUT2D eigenvalue weighted by atomic mass is 10.3. The van der Waals surface area contributed by atoms with Gasteiger partial charge in [0.2, 0.25) is 5.91 Å². The van der Waals surface area contributed by atoms with E-state index in [9.17, 15) is 4.79 Å². The van der Waals surface area contributed by atoms with Crippen LogP contribution in [-0.2, 0) is 4.79 Å². The molecule has 1 amide bonds. The standard InChI is InChI=1S/C9H10Cl2N2O/c1-12-5-9(14)13-6-2-3-7(10)8(11)4-6/h2-4,12H,5H2,1H3,(H,13,14). The van der Waals surface area contributed by atoms with Crippen molar-refractivity contribution in [2.45, 2.75) is 0 Å². The Morgan fingerprint density at radius 3 is 2.64 bits per heavy atom. The average molecular weight is 233 g/mol. The van der Waals surface area contributed by atoms with Gasteiger partial charge in [0.1, 0.15) is 0 Å². The fourth-order valence-corrected chi connectivity index (χ4v) is 1.24. The molecule has 0 unspecified atom stereocenters. The third-order valence-electron chi connectivity index (χ3n) is 1.54. The molecule has 0 radical (unpaired) electrons. The van der Waals surface area contributed by atoms with Gasteiger partial charge in [0, 0.05) is 5.69 Å². The molecular weight excluding hydrogens is 223 g/mol. The molecule has 3 nitrogen and oxygen atoms in total. The first kappa shape index (κ1) is 11.3. The molecule has 14 heavy (non-hydrogen) atoms. The molecule has 0 spiro atoms. The van der Waals surface area contributed by atoms with E-state index >= 15 is 0 Å². The number of hydrogen-bond acceptors (Lipinski definition) is 2. The lowest BCUT2D eigenvalue weighted by Crippen LogP contribution is -2.24. The second-order valence-corrected chi connectivity index (χ2v) is 3.52. The number of hydrogen-bond donors (Lipinski definition) is 2.